The highest BCUT2D eigenvalue weighted by atomic mass is 32.1. The summed E-state index contributed by atoms with van der Waals surface area (Å²) in [6.45, 7) is 6.86. The van der Waals surface area contributed by atoms with Crippen LogP contribution in [0, 0.1) is 5.92 Å². The summed E-state index contributed by atoms with van der Waals surface area (Å²) in [4.78, 5) is 18.7. The zero-order valence-electron chi connectivity index (χ0n) is 11.2. The summed E-state index contributed by atoms with van der Waals surface area (Å²) in [6, 6.07) is 0.117. The van der Waals surface area contributed by atoms with Crippen LogP contribution in [0.3, 0.4) is 0 Å². The number of rotatable bonds is 5. The molecule has 1 fully saturated rings. The number of thiazole rings is 1. The molecule has 2 N–H and O–H groups in total. The lowest BCUT2D eigenvalue weighted by molar-refractivity contribution is 0.0691. The summed E-state index contributed by atoms with van der Waals surface area (Å²) < 4.78 is 0. The fourth-order valence-electron chi connectivity index (χ4n) is 1.85. The van der Waals surface area contributed by atoms with Gasteiger partial charge in [0.2, 0.25) is 0 Å². The van der Waals surface area contributed by atoms with E-state index in [1.165, 1.54) is 24.2 Å². The topological polar surface area (TPSA) is 59.2 Å². The molecule has 18 heavy (non-hydrogen) atoms. The van der Waals surface area contributed by atoms with Crippen LogP contribution in [0.25, 0.3) is 0 Å². The van der Waals surface area contributed by atoms with Crippen LogP contribution in [0.5, 0.6) is 0 Å². The van der Waals surface area contributed by atoms with Crippen molar-refractivity contribution in [3.63, 3.8) is 0 Å². The number of carbonyl (C=O) groups is 1. The largest absolute Gasteiger partial charge is 0.335 e. The molecule has 0 saturated heterocycles. The Labute approximate surface area is 112 Å². The van der Waals surface area contributed by atoms with Gasteiger partial charge < -0.3 is 10.6 Å². The van der Waals surface area contributed by atoms with Crippen LogP contribution in [0.2, 0.25) is 0 Å². The van der Waals surface area contributed by atoms with Crippen LogP contribution in [0.1, 0.15) is 55.2 Å². The van der Waals surface area contributed by atoms with Gasteiger partial charge in [-0.1, -0.05) is 0 Å². The first-order chi connectivity index (χ1) is 8.49. The van der Waals surface area contributed by atoms with Crippen molar-refractivity contribution >= 4 is 17.2 Å². The molecule has 100 valence electrons. The minimum Gasteiger partial charge on any atom is -0.335 e. The molecule has 1 heterocycles. The van der Waals surface area contributed by atoms with E-state index < -0.39 is 0 Å². The number of carbonyl (C=O) groups excluding carboxylic acids is 1. The summed E-state index contributed by atoms with van der Waals surface area (Å²) in [6.07, 6.45) is 2.50. The van der Waals surface area contributed by atoms with E-state index in [9.17, 15) is 4.79 Å². The molecule has 1 aliphatic rings. The van der Waals surface area contributed by atoms with E-state index in [-0.39, 0.29) is 18.0 Å². The third kappa shape index (κ3) is 3.09. The lowest BCUT2D eigenvalue weighted by Crippen LogP contribution is -2.38. The summed E-state index contributed by atoms with van der Waals surface area (Å²) in [7, 11) is 0. The molecule has 0 aromatic carbocycles. The molecule has 1 unspecified atom stereocenters. The average molecular weight is 267 g/mol. The molecule has 0 bridgehead atoms. The van der Waals surface area contributed by atoms with Gasteiger partial charge in [0.15, 0.2) is 0 Å². The number of hydrogen-bond acceptors (Lipinski definition) is 4. The second kappa shape index (κ2) is 5.36. The average Bonchev–Trinajstić information content (AvgIpc) is 2.97. The maximum absolute atomic E-state index is 12.4. The first-order valence-electron chi connectivity index (χ1n) is 6.51. The van der Waals surface area contributed by atoms with E-state index in [1.807, 2.05) is 17.2 Å². The molecule has 0 spiro atoms. The third-order valence-electron chi connectivity index (χ3n) is 3.17. The maximum Gasteiger partial charge on any atom is 0.273 e. The highest BCUT2D eigenvalue weighted by Gasteiger charge is 2.29. The van der Waals surface area contributed by atoms with E-state index in [4.69, 9.17) is 5.73 Å². The summed E-state index contributed by atoms with van der Waals surface area (Å²) >= 11 is 1.47. The highest BCUT2D eigenvalue weighted by molar-refractivity contribution is 7.09. The molecule has 4 nitrogen and oxygen atoms in total. The Balaban J connectivity index is 2.10. The lowest BCUT2D eigenvalue weighted by atomic mass is 10.2. The van der Waals surface area contributed by atoms with Crippen molar-refractivity contribution in [3.05, 3.63) is 16.1 Å². The van der Waals surface area contributed by atoms with Crippen molar-refractivity contribution in [3.8, 4) is 0 Å². The Morgan fingerprint density at radius 3 is 2.67 bits per heavy atom. The molecule has 0 radical (unpaired) electrons. The van der Waals surface area contributed by atoms with E-state index in [0.29, 0.717) is 11.6 Å². The van der Waals surface area contributed by atoms with Crippen molar-refractivity contribution in [2.45, 2.75) is 45.7 Å². The Morgan fingerprint density at radius 1 is 1.56 bits per heavy atom. The second-order valence-corrected chi connectivity index (χ2v) is 6.24. The number of nitrogens with zero attached hydrogens (tertiary/aromatic N) is 2. The van der Waals surface area contributed by atoms with Crippen molar-refractivity contribution < 1.29 is 4.79 Å². The Hall–Kier alpha value is -0.940. The zero-order chi connectivity index (χ0) is 13.3. The van der Waals surface area contributed by atoms with E-state index in [0.717, 1.165) is 11.6 Å². The fourth-order valence-corrected chi connectivity index (χ4v) is 2.60. The quantitative estimate of drug-likeness (QED) is 0.891. The van der Waals surface area contributed by atoms with E-state index in [2.05, 4.69) is 18.8 Å². The first kappa shape index (κ1) is 13.5. The molecular formula is C13H21N3OS. The Morgan fingerprint density at radius 2 is 2.22 bits per heavy atom. The van der Waals surface area contributed by atoms with E-state index >= 15 is 0 Å². The lowest BCUT2D eigenvalue weighted by Gasteiger charge is -2.26. The van der Waals surface area contributed by atoms with Crippen LogP contribution >= 0.6 is 11.3 Å². The monoisotopic (exact) mass is 267 g/mol. The van der Waals surface area contributed by atoms with Crippen molar-refractivity contribution in [2.24, 2.45) is 11.7 Å². The van der Waals surface area contributed by atoms with Crippen LogP contribution in [0.15, 0.2) is 5.38 Å². The van der Waals surface area contributed by atoms with Crippen LogP contribution in [-0.2, 0) is 0 Å². The molecule has 2 rings (SSSR count). The van der Waals surface area contributed by atoms with Gasteiger partial charge >= 0.3 is 0 Å². The minimum absolute atomic E-state index is 0.0417. The van der Waals surface area contributed by atoms with Crippen molar-refractivity contribution in [2.75, 3.05) is 6.54 Å². The Kier molecular flexibility index (Phi) is 4.02. The molecule has 1 saturated carbocycles. The van der Waals surface area contributed by atoms with Gasteiger partial charge in [0.1, 0.15) is 10.7 Å². The molecule has 0 aliphatic heterocycles. The Bertz CT molecular complexity index is 424. The minimum atomic E-state index is -0.104. The molecule has 1 aliphatic carbocycles. The van der Waals surface area contributed by atoms with Gasteiger partial charge in [-0.3, -0.25) is 4.79 Å². The molecule has 1 atom stereocenters. The van der Waals surface area contributed by atoms with Crippen LogP contribution < -0.4 is 5.73 Å². The summed E-state index contributed by atoms with van der Waals surface area (Å²) in [5.74, 6) is 0.739. The third-order valence-corrected chi connectivity index (χ3v) is 4.21. The number of aromatic nitrogens is 1. The van der Waals surface area contributed by atoms with Gasteiger partial charge in [-0.25, -0.2) is 4.98 Å². The van der Waals surface area contributed by atoms with Gasteiger partial charge in [0.05, 0.1) is 6.04 Å². The molecular weight excluding hydrogens is 246 g/mol. The summed E-state index contributed by atoms with van der Waals surface area (Å²) in [5, 5.41) is 2.65. The first-order valence-corrected chi connectivity index (χ1v) is 7.39. The number of hydrogen-bond donors (Lipinski definition) is 1. The second-order valence-electron chi connectivity index (χ2n) is 5.35. The highest BCUT2D eigenvalue weighted by Crippen LogP contribution is 2.31. The summed E-state index contributed by atoms with van der Waals surface area (Å²) in [5.41, 5.74) is 6.32. The molecule has 5 heteroatoms. The predicted molar refractivity (Wildman–Crippen MR) is 73.6 cm³/mol. The van der Waals surface area contributed by atoms with Crippen LogP contribution in [-0.4, -0.2) is 28.4 Å². The van der Waals surface area contributed by atoms with Gasteiger partial charge in [0.25, 0.3) is 5.91 Å². The van der Waals surface area contributed by atoms with Crippen molar-refractivity contribution in [1.29, 1.82) is 0 Å². The van der Waals surface area contributed by atoms with E-state index in [1.54, 1.807) is 0 Å². The number of nitrogens with two attached hydrogens (primary N) is 1. The van der Waals surface area contributed by atoms with Crippen LogP contribution in [0.4, 0.5) is 0 Å². The predicted octanol–water partition coefficient (Wildman–Crippen LogP) is 2.42. The molecule has 1 amide bonds. The smallest absolute Gasteiger partial charge is 0.273 e. The van der Waals surface area contributed by atoms with Crippen molar-refractivity contribution in [1.82, 2.24) is 9.88 Å². The number of amides is 1. The molecule has 1 aromatic rings. The molecule has 1 aromatic heterocycles. The maximum atomic E-state index is 12.4. The zero-order valence-corrected chi connectivity index (χ0v) is 12.0. The fraction of sp³-hybridized carbons (Fsp3) is 0.692. The van der Waals surface area contributed by atoms with Gasteiger partial charge in [0, 0.05) is 18.0 Å². The van der Waals surface area contributed by atoms with Gasteiger partial charge in [-0.15, -0.1) is 11.3 Å². The normalized spacial score (nSPS) is 16.9. The SMILES string of the molecule is CC(N)c1nc(C(=O)N(CC2CC2)C(C)C)cs1. The standard InChI is InChI=1S/C13H21N3OS/c1-8(2)16(6-10-4-5-10)13(17)11-7-18-12(15-11)9(3)14/h7-10H,4-6,14H2,1-3H3. The van der Waals surface area contributed by atoms with Gasteiger partial charge in [-0.2, -0.15) is 0 Å². The van der Waals surface area contributed by atoms with Gasteiger partial charge in [-0.05, 0) is 39.5 Å².